The number of fused-ring (bicyclic) bond motifs is 6. The minimum atomic E-state index is -4.52. The number of imidazole rings is 1. The minimum Gasteiger partial charge on any atom is -0.378 e. The molecular weight excluding hydrogens is 899 g/mol. The number of nitrogens with one attached hydrogen (secondary N) is 1. The van der Waals surface area contributed by atoms with Gasteiger partial charge in [-0.1, -0.05) is 18.1 Å². The number of hydrogen-bond donors (Lipinski definition) is 1. The zero-order valence-electron chi connectivity index (χ0n) is 38.2. The summed E-state index contributed by atoms with van der Waals surface area (Å²) in [5, 5.41) is 14.3. The number of nitrogens with zero attached hydrogens (tertiary/aromatic N) is 9. The van der Waals surface area contributed by atoms with E-state index in [1.54, 1.807) is 54.4 Å². The first kappa shape index (κ1) is 42.8. The molecule has 5 aromatic heterocycles. The van der Waals surface area contributed by atoms with Gasteiger partial charge < -0.3 is 14.0 Å². The van der Waals surface area contributed by atoms with Gasteiger partial charge in [0.2, 0.25) is 0 Å². The molecule has 1 saturated carbocycles. The number of H-pyrrole nitrogens is 1. The first-order valence-electron chi connectivity index (χ1n) is 22.7. The minimum absolute atomic E-state index is 0.00572. The predicted octanol–water partition coefficient (Wildman–Crippen LogP) is 6.37. The Kier molecular flexibility index (Phi) is 9.30. The Labute approximate surface area is 387 Å². The second kappa shape index (κ2) is 14.8. The molecule has 3 aromatic carbocycles. The van der Waals surface area contributed by atoms with Crippen LogP contribution in [-0.4, -0.2) is 87.6 Å². The number of aromatic nitrogens is 9. The van der Waals surface area contributed by atoms with Crippen LogP contribution in [0.3, 0.4) is 0 Å². The van der Waals surface area contributed by atoms with Gasteiger partial charge in [-0.2, -0.15) is 14.5 Å². The van der Waals surface area contributed by atoms with Crippen molar-refractivity contribution in [3.8, 4) is 17.2 Å². The topological polar surface area (TPSA) is 182 Å². The van der Waals surface area contributed by atoms with E-state index >= 15 is 17.2 Å². The first-order chi connectivity index (χ1) is 32.5. The highest BCUT2D eigenvalue weighted by Crippen LogP contribution is 2.57. The number of halogens is 2. The van der Waals surface area contributed by atoms with E-state index in [2.05, 4.69) is 35.2 Å². The Hall–Kier alpha value is -6.48. The lowest BCUT2D eigenvalue weighted by molar-refractivity contribution is -0.0592. The number of rotatable bonds is 8. The summed E-state index contributed by atoms with van der Waals surface area (Å²) in [4.78, 5) is 30.1. The van der Waals surface area contributed by atoms with Gasteiger partial charge in [0.05, 0.1) is 70.6 Å². The van der Waals surface area contributed by atoms with Crippen molar-refractivity contribution in [1.82, 2.24) is 47.7 Å². The Morgan fingerprint density at radius 1 is 0.926 bits per heavy atom. The number of benzene rings is 3. The van der Waals surface area contributed by atoms with Crippen LogP contribution < -0.4 is 11.4 Å². The van der Waals surface area contributed by atoms with Crippen LogP contribution in [0.4, 0.5) is 8.78 Å². The molecule has 1 N–H and O–H groups in total. The van der Waals surface area contributed by atoms with Crippen molar-refractivity contribution >= 4 is 31.8 Å². The van der Waals surface area contributed by atoms with Crippen molar-refractivity contribution in [2.45, 2.75) is 94.5 Å². The quantitative estimate of drug-likeness (QED) is 0.180. The molecule has 2 bridgehead atoms. The van der Waals surface area contributed by atoms with E-state index in [-0.39, 0.29) is 64.8 Å². The van der Waals surface area contributed by atoms with Crippen LogP contribution in [0.5, 0.6) is 0 Å². The lowest BCUT2D eigenvalue weighted by atomic mass is 9.83. The Balaban J connectivity index is 1.05. The SMILES string of the molecule is Cc1cc(-n2nc3c(c2-n2ccn(-c4ccc5c(cnn5C)c4F)c2=O)[C@@H]2COC[C@H](C3)N2S(=O)(=O)c2cc3cc([C@H]4CCOC(C)(C)C4)ccc3n2[C@@]2(c3noc(=O)[nH]3)C[C@@H]2C)cc(C)c1F. The molecule has 3 aliphatic heterocycles. The fourth-order valence-corrected chi connectivity index (χ4v) is 13.4. The maximum atomic E-state index is 16.2. The molecule has 4 aliphatic rings. The van der Waals surface area contributed by atoms with Crippen molar-refractivity contribution < 1.29 is 31.2 Å². The fourth-order valence-electron chi connectivity index (χ4n) is 11.4. The molecule has 20 heteroatoms. The molecule has 352 valence electrons. The molecule has 68 heavy (non-hydrogen) atoms. The van der Waals surface area contributed by atoms with Crippen LogP contribution in [0.25, 0.3) is 39.0 Å². The second-order valence-electron chi connectivity index (χ2n) is 19.6. The van der Waals surface area contributed by atoms with Crippen molar-refractivity contribution in [2.24, 2.45) is 13.0 Å². The molecule has 12 rings (SSSR count). The molecule has 5 atom stereocenters. The van der Waals surface area contributed by atoms with Crippen molar-refractivity contribution in [2.75, 3.05) is 19.8 Å². The third-order valence-corrected chi connectivity index (χ3v) is 16.7. The second-order valence-corrected chi connectivity index (χ2v) is 21.4. The molecule has 0 spiro atoms. The number of aromatic amines is 1. The van der Waals surface area contributed by atoms with E-state index in [9.17, 15) is 9.59 Å². The molecule has 8 heterocycles. The summed E-state index contributed by atoms with van der Waals surface area (Å²) in [6.45, 7) is 9.97. The van der Waals surface area contributed by atoms with E-state index in [0.717, 1.165) is 18.4 Å². The average Bonchev–Trinajstić information content (AvgIpc) is 3.93. The van der Waals surface area contributed by atoms with E-state index in [0.29, 0.717) is 57.5 Å². The van der Waals surface area contributed by atoms with Crippen LogP contribution in [0.1, 0.15) is 85.8 Å². The van der Waals surface area contributed by atoms with Crippen molar-refractivity contribution in [3.63, 3.8) is 0 Å². The van der Waals surface area contributed by atoms with E-state index in [1.165, 1.54) is 42.8 Å². The predicted molar refractivity (Wildman–Crippen MR) is 244 cm³/mol. The molecule has 3 fully saturated rings. The van der Waals surface area contributed by atoms with Gasteiger partial charge in [-0.15, -0.1) is 0 Å². The van der Waals surface area contributed by atoms with Crippen LogP contribution in [-0.2, 0) is 38.5 Å². The largest absolute Gasteiger partial charge is 0.438 e. The summed E-state index contributed by atoms with van der Waals surface area (Å²) >= 11 is 0. The molecule has 2 saturated heterocycles. The normalized spacial score (nSPS) is 23.7. The van der Waals surface area contributed by atoms with Crippen LogP contribution >= 0.6 is 0 Å². The van der Waals surface area contributed by atoms with Gasteiger partial charge in [0.15, 0.2) is 16.7 Å². The van der Waals surface area contributed by atoms with Gasteiger partial charge in [0.1, 0.15) is 17.2 Å². The highest BCUT2D eigenvalue weighted by Gasteiger charge is 2.60. The van der Waals surface area contributed by atoms with Crippen LogP contribution in [0.2, 0.25) is 0 Å². The van der Waals surface area contributed by atoms with Crippen LogP contribution in [0, 0.1) is 31.4 Å². The van der Waals surface area contributed by atoms with Gasteiger partial charge in [0.25, 0.3) is 10.0 Å². The third kappa shape index (κ3) is 6.19. The maximum absolute atomic E-state index is 16.2. The molecule has 0 radical (unpaired) electrons. The summed E-state index contributed by atoms with van der Waals surface area (Å²) in [7, 11) is -2.82. The van der Waals surface area contributed by atoms with Gasteiger partial charge in [-0.25, -0.2) is 31.5 Å². The summed E-state index contributed by atoms with van der Waals surface area (Å²) in [5.41, 5.74) is 2.26. The highest BCUT2D eigenvalue weighted by molar-refractivity contribution is 7.89. The lowest BCUT2D eigenvalue weighted by Gasteiger charge is -2.44. The Bertz CT molecular complexity index is 3630. The molecule has 0 amide bonds. The smallest absolute Gasteiger partial charge is 0.378 e. The monoisotopic (exact) mass is 946 g/mol. The Morgan fingerprint density at radius 2 is 1.68 bits per heavy atom. The van der Waals surface area contributed by atoms with Gasteiger partial charge in [-0.3, -0.25) is 23.3 Å². The standard InChI is InChI=1S/C48H48F2N10O7S/c1-25-15-31(16-26(2)41(25)49)59-43(57-13-12-56(46(57)62)37-10-9-36-33(42(37)50)22-51-55(36)6)40-34(53-59)19-32-23-65-24-38(40)60(32)68(63,64)39-18-30-17-28(29-11-14-66-47(4,5)21-29)7-8-35(30)58(39)48(20-27(48)3)44-52-45(61)67-54-44/h7-10,12-13,15-18,22,27,29,32,38H,11,14,19-21,23-24H2,1-6H3,(H,52,54,61)/t27-,29-,32-,38-,48-/m0/s1. The first-order valence-corrected chi connectivity index (χ1v) is 24.2. The lowest BCUT2D eigenvalue weighted by Crippen LogP contribution is -2.54. The molecule has 0 unspecified atom stereocenters. The number of ether oxygens (including phenoxy) is 2. The van der Waals surface area contributed by atoms with Crippen molar-refractivity contribution in [1.29, 1.82) is 0 Å². The zero-order valence-corrected chi connectivity index (χ0v) is 39.0. The fraction of sp³-hybridized carbons (Fsp3) is 0.396. The van der Waals surface area contributed by atoms with E-state index in [1.807, 2.05) is 19.1 Å². The van der Waals surface area contributed by atoms with Gasteiger partial charge >= 0.3 is 11.4 Å². The van der Waals surface area contributed by atoms with E-state index < -0.39 is 50.7 Å². The zero-order chi connectivity index (χ0) is 47.3. The molecule has 1 aliphatic carbocycles. The van der Waals surface area contributed by atoms with Gasteiger partial charge in [-0.05, 0) is 118 Å². The summed E-state index contributed by atoms with van der Waals surface area (Å²) in [6, 6.07) is 12.5. The number of aryl methyl sites for hydroxylation is 3. The maximum Gasteiger partial charge on any atom is 0.438 e. The number of sulfonamides is 1. The van der Waals surface area contributed by atoms with E-state index in [4.69, 9.17) is 19.1 Å². The molecular formula is C48H48F2N10O7S. The Morgan fingerprint density at radius 3 is 2.40 bits per heavy atom. The average molecular weight is 947 g/mol. The summed E-state index contributed by atoms with van der Waals surface area (Å²) in [5.74, 6) is -1.33. The number of hydrogen-bond acceptors (Lipinski definition) is 10. The molecule has 17 nitrogen and oxygen atoms in total. The summed E-state index contributed by atoms with van der Waals surface area (Å²) < 4.78 is 89.8. The number of morpholine rings is 1. The summed E-state index contributed by atoms with van der Waals surface area (Å²) in [6.07, 6.45) is 6.52. The van der Waals surface area contributed by atoms with Crippen molar-refractivity contribution in [3.05, 3.63) is 134 Å². The van der Waals surface area contributed by atoms with Gasteiger partial charge in [0, 0.05) is 43.4 Å². The molecule has 8 aromatic rings. The third-order valence-electron chi connectivity index (χ3n) is 14.8. The van der Waals surface area contributed by atoms with Crippen LogP contribution in [0.15, 0.2) is 86.3 Å². The highest BCUT2D eigenvalue weighted by atomic mass is 32.2.